The van der Waals surface area contributed by atoms with Crippen LogP contribution >= 0.6 is 0 Å². The summed E-state index contributed by atoms with van der Waals surface area (Å²) in [7, 11) is 0. The van der Waals surface area contributed by atoms with Crippen molar-refractivity contribution in [2.24, 2.45) is 0 Å². The second-order valence-corrected chi connectivity index (χ2v) is 5.03. The molecule has 1 aliphatic heterocycles. The minimum atomic E-state index is -2.89. The molecule has 0 aromatic carbocycles. The van der Waals surface area contributed by atoms with E-state index in [2.05, 4.69) is 0 Å². The zero-order valence-electron chi connectivity index (χ0n) is 12.9. The van der Waals surface area contributed by atoms with Crippen LogP contribution < -0.4 is 0 Å². The molecule has 136 valence electrons. The Morgan fingerprint density at radius 1 is 1.13 bits per heavy atom. The Morgan fingerprint density at radius 2 is 1.74 bits per heavy atom. The molecule has 0 saturated carbocycles. The predicted octanol–water partition coefficient (Wildman–Crippen LogP) is -5.55. The molecule has 9 atom stereocenters. The Labute approximate surface area is 132 Å². The number of aliphatic hydroxyl groups is 8. The number of carbonyl (C=O) groups is 1. The molecule has 0 aromatic rings. The first-order valence-corrected chi connectivity index (χ1v) is 6.74. The SMILES string of the molecule is [2H][C@@]1(O[C@@H]([C@H](O)[C@@H](O)C=O)[C@H](O)CO)O[C@H](CO)[C@@H](O)[C@H](O)[C@H]1O. The lowest BCUT2D eigenvalue weighted by molar-refractivity contribution is -0.326. The van der Waals surface area contributed by atoms with E-state index >= 15 is 0 Å². The molecule has 0 aliphatic carbocycles. The first kappa shape index (κ1) is 18.6. The van der Waals surface area contributed by atoms with Gasteiger partial charge in [-0.05, 0) is 0 Å². The molecule has 11 heteroatoms. The summed E-state index contributed by atoms with van der Waals surface area (Å²) in [4.78, 5) is 10.5. The van der Waals surface area contributed by atoms with Crippen molar-refractivity contribution in [3.05, 3.63) is 0 Å². The number of hydrogen-bond acceptors (Lipinski definition) is 11. The van der Waals surface area contributed by atoms with E-state index in [-0.39, 0.29) is 6.29 Å². The Bertz CT molecular complexity index is 410. The molecule has 1 saturated heterocycles. The van der Waals surface area contributed by atoms with Crippen LogP contribution in [0, 0.1) is 0 Å². The van der Waals surface area contributed by atoms with Crippen LogP contribution in [0.2, 0.25) is 0 Å². The normalized spacial score (nSPS) is 40.8. The van der Waals surface area contributed by atoms with Crippen molar-refractivity contribution >= 4 is 6.29 Å². The molecule has 1 heterocycles. The smallest absolute Gasteiger partial charge is 0.187 e. The quantitative estimate of drug-likeness (QED) is 0.196. The molecular formula is C12H22O11. The van der Waals surface area contributed by atoms with E-state index in [1.165, 1.54) is 0 Å². The molecule has 1 aliphatic rings. The van der Waals surface area contributed by atoms with Crippen LogP contribution in [0.25, 0.3) is 0 Å². The predicted molar refractivity (Wildman–Crippen MR) is 69.8 cm³/mol. The largest absolute Gasteiger partial charge is 0.394 e. The van der Waals surface area contributed by atoms with Gasteiger partial charge in [-0.2, -0.15) is 0 Å². The van der Waals surface area contributed by atoms with Gasteiger partial charge in [-0.25, -0.2) is 0 Å². The third-order valence-corrected chi connectivity index (χ3v) is 3.39. The van der Waals surface area contributed by atoms with Crippen molar-refractivity contribution < 1.29 is 56.5 Å². The number of rotatable bonds is 8. The Kier molecular flexibility index (Phi) is 7.23. The van der Waals surface area contributed by atoms with Crippen molar-refractivity contribution in [3.8, 4) is 0 Å². The van der Waals surface area contributed by atoms with Crippen LogP contribution in [0.3, 0.4) is 0 Å². The average Bonchev–Trinajstić information content (AvgIpc) is 2.59. The van der Waals surface area contributed by atoms with E-state index < -0.39 is 68.3 Å². The molecule has 8 N–H and O–H groups in total. The lowest BCUT2D eigenvalue weighted by atomic mass is 9.98. The van der Waals surface area contributed by atoms with Gasteiger partial charge in [0.25, 0.3) is 0 Å². The van der Waals surface area contributed by atoms with Crippen LogP contribution in [-0.2, 0) is 14.3 Å². The zero-order valence-corrected chi connectivity index (χ0v) is 11.9. The van der Waals surface area contributed by atoms with Gasteiger partial charge in [0.15, 0.2) is 12.6 Å². The molecule has 0 aromatic heterocycles. The van der Waals surface area contributed by atoms with E-state index in [0.29, 0.717) is 0 Å². The van der Waals surface area contributed by atoms with Crippen molar-refractivity contribution in [1.82, 2.24) is 0 Å². The van der Waals surface area contributed by atoms with Gasteiger partial charge < -0.3 is 55.1 Å². The first-order valence-electron chi connectivity index (χ1n) is 7.24. The van der Waals surface area contributed by atoms with Gasteiger partial charge in [-0.15, -0.1) is 0 Å². The van der Waals surface area contributed by atoms with E-state index in [9.17, 15) is 35.4 Å². The molecule has 1 fully saturated rings. The number of aldehydes is 1. The fraction of sp³-hybridized carbons (Fsp3) is 0.917. The second kappa shape index (κ2) is 8.94. The average molecular weight is 343 g/mol. The van der Waals surface area contributed by atoms with Gasteiger partial charge in [0.1, 0.15) is 48.8 Å². The van der Waals surface area contributed by atoms with Gasteiger partial charge >= 0.3 is 0 Å². The maximum atomic E-state index is 10.5. The first-order chi connectivity index (χ1) is 11.1. The topological polar surface area (TPSA) is 197 Å². The maximum absolute atomic E-state index is 10.5. The number of carbonyl (C=O) groups excluding carboxylic acids is 1. The molecule has 23 heavy (non-hydrogen) atoms. The van der Waals surface area contributed by atoms with Gasteiger partial charge in [0.05, 0.1) is 14.6 Å². The molecule has 0 bridgehead atoms. The fourth-order valence-corrected chi connectivity index (χ4v) is 1.97. The van der Waals surface area contributed by atoms with E-state index in [0.717, 1.165) is 0 Å². The summed E-state index contributed by atoms with van der Waals surface area (Å²) in [5.74, 6) is 0. The molecule has 0 radical (unpaired) electrons. The molecule has 1 rings (SSSR count). The summed E-state index contributed by atoms with van der Waals surface area (Å²) in [5, 5.41) is 76.0. The number of ether oxygens (including phenoxy) is 2. The van der Waals surface area contributed by atoms with Crippen molar-refractivity contribution in [1.29, 1.82) is 0 Å². The van der Waals surface area contributed by atoms with E-state index in [4.69, 9.17) is 21.1 Å². The standard InChI is InChI=1S/C12H22O11/c13-1-4(16)7(18)11(5(17)2-14)23-12-10(21)9(20)8(19)6(3-15)22-12/h1,4-12,14-21H,2-3H2/t4-,5+,6+,7+,8+,9-,10+,11+,12-/m0/s1/i12D. The van der Waals surface area contributed by atoms with Crippen LogP contribution in [0.15, 0.2) is 0 Å². The minimum absolute atomic E-state index is 0.0883. The molecule has 0 unspecified atom stereocenters. The van der Waals surface area contributed by atoms with E-state index in [1.54, 1.807) is 0 Å². The van der Waals surface area contributed by atoms with Crippen LogP contribution in [0.4, 0.5) is 0 Å². The van der Waals surface area contributed by atoms with Crippen molar-refractivity contribution in [2.75, 3.05) is 13.2 Å². The Morgan fingerprint density at radius 3 is 2.22 bits per heavy atom. The summed E-state index contributed by atoms with van der Waals surface area (Å²) in [5.41, 5.74) is 0. The number of hydrogen-bond donors (Lipinski definition) is 8. The highest BCUT2D eigenvalue weighted by Gasteiger charge is 2.46. The maximum Gasteiger partial charge on any atom is 0.187 e. The van der Waals surface area contributed by atoms with Crippen LogP contribution in [0.5, 0.6) is 0 Å². The van der Waals surface area contributed by atoms with Gasteiger partial charge in [-0.1, -0.05) is 0 Å². The highest BCUT2D eigenvalue weighted by molar-refractivity contribution is 5.56. The highest BCUT2D eigenvalue weighted by Crippen LogP contribution is 2.24. The third-order valence-electron chi connectivity index (χ3n) is 3.39. The lowest BCUT2D eigenvalue weighted by Gasteiger charge is -2.42. The van der Waals surface area contributed by atoms with E-state index in [1.807, 2.05) is 0 Å². The fourth-order valence-electron chi connectivity index (χ4n) is 1.97. The molecular weight excluding hydrogens is 320 g/mol. The Hall–Kier alpha value is -0.730. The highest BCUT2D eigenvalue weighted by atomic mass is 16.7. The number of aliphatic hydroxyl groups excluding tert-OH is 8. The monoisotopic (exact) mass is 343 g/mol. The summed E-state index contributed by atoms with van der Waals surface area (Å²) in [6, 6.07) is 0. The summed E-state index contributed by atoms with van der Waals surface area (Å²) >= 11 is 0. The minimum Gasteiger partial charge on any atom is -0.394 e. The molecule has 0 spiro atoms. The zero-order chi connectivity index (χ0) is 18.7. The summed E-state index contributed by atoms with van der Waals surface area (Å²) < 4.78 is 17.7. The van der Waals surface area contributed by atoms with Crippen LogP contribution in [-0.4, -0.2) is 115 Å². The van der Waals surface area contributed by atoms with Gasteiger partial charge in [0, 0.05) is 0 Å². The lowest BCUT2D eigenvalue weighted by Crippen LogP contribution is -2.61. The summed E-state index contributed by atoms with van der Waals surface area (Å²) in [6.07, 6.45) is -18.5. The Balaban J connectivity index is 3.07. The van der Waals surface area contributed by atoms with Crippen molar-refractivity contribution in [2.45, 2.75) is 55.1 Å². The third kappa shape index (κ3) is 4.64. The second-order valence-electron chi connectivity index (χ2n) is 5.03. The molecule has 0 amide bonds. The van der Waals surface area contributed by atoms with Gasteiger partial charge in [0.2, 0.25) is 0 Å². The van der Waals surface area contributed by atoms with Crippen molar-refractivity contribution in [3.63, 3.8) is 0 Å². The van der Waals surface area contributed by atoms with Gasteiger partial charge in [-0.3, -0.25) is 0 Å². The van der Waals surface area contributed by atoms with Crippen LogP contribution in [0.1, 0.15) is 1.37 Å². The molecule has 11 nitrogen and oxygen atoms in total. The summed E-state index contributed by atoms with van der Waals surface area (Å²) in [6.45, 7) is -1.87.